The summed E-state index contributed by atoms with van der Waals surface area (Å²) in [4.78, 5) is 2.85. The average molecular weight is 300 g/mol. The molecular formula is C14H12N4O2S. The van der Waals surface area contributed by atoms with Crippen molar-refractivity contribution in [2.45, 2.75) is 4.90 Å². The lowest BCUT2D eigenvalue weighted by Gasteiger charge is -2.11. The molecule has 0 unspecified atom stereocenters. The van der Waals surface area contributed by atoms with Gasteiger partial charge in [-0.1, -0.05) is 42.5 Å². The van der Waals surface area contributed by atoms with Crippen LogP contribution in [0.15, 0.2) is 59.8 Å². The van der Waals surface area contributed by atoms with Gasteiger partial charge in [-0.05, 0) is 17.2 Å². The lowest BCUT2D eigenvalue weighted by molar-refractivity contribution is 0.598. The molecule has 0 spiro atoms. The second-order valence-electron chi connectivity index (χ2n) is 4.43. The van der Waals surface area contributed by atoms with Crippen LogP contribution in [0.5, 0.6) is 0 Å². The molecule has 0 aliphatic rings. The van der Waals surface area contributed by atoms with Crippen molar-refractivity contribution in [2.24, 2.45) is 5.14 Å². The van der Waals surface area contributed by atoms with Crippen LogP contribution in [0.4, 0.5) is 0 Å². The van der Waals surface area contributed by atoms with Crippen molar-refractivity contribution >= 4 is 10.0 Å². The summed E-state index contributed by atoms with van der Waals surface area (Å²) in [6.45, 7) is 0. The topological polar surface area (TPSA) is 102 Å². The first-order valence-corrected chi connectivity index (χ1v) is 7.69. The molecule has 7 heteroatoms. The Hall–Kier alpha value is -2.51. The van der Waals surface area contributed by atoms with Crippen LogP contribution in [0, 0.1) is 0 Å². The molecule has 1 heterocycles. The number of rotatable bonds is 3. The Morgan fingerprint density at radius 1 is 1.00 bits per heavy atom. The van der Waals surface area contributed by atoms with Crippen LogP contribution < -0.4 is 5.14 Å². The van der Waals surface area contributed by atoms with Gasteiger partial charge in [0.1, 0.15) is 6.33 Å². The third-order valence-electron chi connectivity index (χ3n) is 3.07. The van der Waals surface area contributed by atoms with E-state index in [4.69, 9.17) is 5.14 Å². The fraction of sp³-hybridized carbons (Fsp3) is 0. The van der Waals surface area contributed by atoms with E-state index in [-0.39, 0.29) is 4.90 Å². The molecular weight excluding hydrogens is 288 g/mol. The van der Waals surface area contributed by atoms with Crippen molar-refractivity contribution < 1.29 is 8.42 Å². The SMILES string of the molecule is NS(=O)(=O)c1cccc(-c2ccccc2)c1-c1nnc[nH]1. The van der Waals surface area contributed by atoms with Gasteiger partial charge in [-0.25, -0.2) is 13.6 Å². The molecule has 0 saturated heterocycles. The number of aromatic nitrogens is 3. The highest BCUT2D eigenvalue weighted by atomic mass is 32.2. The molecule has 0 aliphatic carbocycles. The molecule has 3 N–H and O–H groups in total. The van der Waals surface area contributed by atoms with Crippen molar-refractivity contribution in [3.8, 4) is 22.5 Å². The highest BCUT2D eigenvalue weighted by Gasteiger charge is 2.21. The van der Waals surface area contributed by atoms with E-state index in [1.165, 1.54) is 12.4 Å². The first-order valence-electron chi connectivity index (χ1n) is 6.15. The maximum atomic E-state index is 11.8. The van der Waals surface area contributed by atoms with Gasteiger partial charge < -0.3 is 4.98 Å². The molecule has 0 saturated carbocycles. The summed E-state index contributed by atoms with van der Waals surface area (Å²) in [5.74, 6) is 0.360. The van der Waals surface area contributed by atoms with Crippen LogP contribution in [-0.2, 0) is 10.0 Å². The Morgan fingerprint density at radius 2 is 1.76 bits per heavy atom. The summed E-state index contributed by atoms with van der Waals surface area (Å²) in [5, 5.41) is 13.0. The van der Waals surface area contributed by atoms with Gasteiger partial charge >= 0.3 is 0 Å². The van der Waals surface area contributed by atoms with Crippen LogP contribution >= 0.6 is 0 Å². The van der Waals surface area contributed by atoms with Crippen LogP contribution in [0.1, 0.15) is 0 Å². The molecule has 0 amide bonds. The molecule has 1 aromatic heterocycles. The average Bonchev–Trinajstić information content (AvgIpc) is 3.00. The van der Waals surface area contributed by atoms with E-state index in [2.05, 4.69) is 15.2 Å². The molecule has 0 bridgehead atoms. The molecule has 106 valence electrons. The lowest BCUT2D eigenvalue weighted by Crippen LogP contribution is -2.14. The van der Waals surface area contributed by atoms with Gasteiger partial charge in [-0.2, -0.15) is 0 Å². The van der Waals surface area contributed by atoms with E-state index in [0.717, 1.165) is 11.1 Å². The van der Waals surface area contributed by atoms with Crippen molar-refractivity contribution in [1.29, 1.82) is 0 Å². The number of aromatic amines is 1. The summed E-state index contributed by atoms with van der Waals surface area (Å²) >= 11 is 0. The first-order chi connectivity index (χ1) is 10.1. The van der Waals surface area contributed by atoms with Crippen molar-refractivity contribution in [3.63, 3.8) is 0 Å². The molecule has 0 fully saturated rings. The standard InChI is InChI=1S/C14H12N4O2S/c15-21(19,20)12-8-4-7-11(10-5-2-1-3-6-10)13(12)14-16-9-17-18-14/h1-9H,(H2,15,19,20)(H,16,17,18). The Morgan fingerprint density at radius 3 is 2.38 bits per heavy atom. The highest BCUT2D eigenvalue weighted by Crippen LogP contribution is 2.34. The van der Waals surface area contributed by atoms with Gasteiger partial charge in [0.2, 0.25) is 10.0 Å². The predicted octanol–water partition coefficient (Wildman–Crippen LogP) is 1.79. The molecule has 0 aliphatic heterocycles. The number of nitrogens with zero attached hydrogens (tertiary/aromatic N) is 2. The molecule has 3 aromatic rings. The van der Waals surface area contributed by atoms with Crippen molar-refractivity contribution in [2.75, 3.05) is 0 Å². The Bertz CT molecular complexity index is 859. The summed E-state index contributed by atoms with van der Waals surface area (Å²) < 4.78 is 23.7. The number of nitrogens with two attached hydrogens (primary N) is 1. The van der Waals surface area contributed by atoms with E-state index >= 15 is 0 Å². The minimum atomic E-state index is -3.88. The Balaban J connectivity index is 2.36. The number of sulfonamides is 1. The van der Waals surface area contributed by atoms with Gasteiger partial charge in [0.15, 0.2) is 5.82 Å². The first kappa shape index (κ1) is 13.5. The van der Waals surface area contributed by atoms with E-state index in [1.54, 1.807) is 6.07 Å². The van der Waals surface area contributed by atoms with Crippen LogP contribution in [0.25, 0.3) is 22.5 Å². The van der Waals surface area contributed by atoms with Gasteiger partial charge in [0, 0.05) is 5.56 Å². The smallest absolute Gasteiger partial charge is 0.238 e. The van der Waals surface area contributed by atoms with Crippen molar-refractivity contribution in [3.05, 3.63) is 54.9 Å². The van der Waals surface area contributed by atoms with Gasteiger partial charge in [0.25, 0.3) is 0 Å². The largest absolute Gasteiger partial charge is 0.327 e. The number of hydrogen-bond acceptors (Lipinski definition) is 4. The minimum Gasteiger partial charge on any atom is -0.327 e. The highest BCUT2D eigenvalue weighted by molar-refractivity contribution is 7.89. The minimum absolute atomic E-state index is 0.0144. The molecule has 3 rings (SSSR count). The van der Waals surface area contributed by atoms with E-state index in [1.807, 2.05) is 36.4 Å². The summed E-state index contributed by atoms with van der Waals surface area (Å²) in [6, 6.07) is 14.4. The third kappa shape index (κ3) is 2.56. The fourth-order valence-corrected chi connectivity index (χ4v) is 2.96. The number of primary sulfonamides is 1. The number of H-pyrrole nitrogens is 1. The van der Waals surface area contributed by atoms with Gasteiger partial charge in [-0.15, -0.1) is 10.2 Å². The molecule has 6 nitrogen and oxygen atoms in total. The maximum absolute atomic E-state index is 11.8. The van der Waals surface area contributed by atoms with E-state index in [9.17, 15) is 8.42 Å². The van der Waals surface area contributed by atoms with Crippen LogP contribution in [0.3, 0.4) is 0 Å². The fourth-order valence-electron chi connectivity index (χ4n) is 2.20. The quantitative estimate of drug-likeness (QED) is 0.769. The maximum Gasteiger partial charge on any atom is 0.238 e. The summed E-state index contributed by atoms with van der Waals surface area (Å²) in [5.41, 5.74) is 2.01. The zero-order valence-electron chi connectivity index (χ0n) is 10.9. The number of benzene rings is 2. The Kier molecular flexibility index (Phi) is 3.28. The Labute approximate surface area is 121 Å². The predicted molar refractivity (Wildman–Crippen MR) is 78.6 cm³/mol. The normalized spacial score (nSPS) is 11.5. The van der Waals surface area contributed by atoms with Gasteiger partial charge in [0.05, 0.1) is 4.90 Å². The molecule has 0 radical (unpaired) electrons. The van der Waals surface area contributed by atoms with E-state index < -0.39 is 10.0 Å². The van der Waals surface area contributed by atoms with E-state index in [0.29, 0.717) is 11.4 Å². The lowest BCUT2D eigenvalue weighted by atomic mass is 9.99. The van der Waals surface area contributed by atoms with Crippen LogP contribution in [0.2, 0.25) is 0 Å². The zero-order valence-corrected chi connectivity index (χ0v) is 11.7. The monoisotopic (exact) mass is 300 g/mol. The van der Waals surface area contributed by atoms with Crippen LogP contribution in [-0.4, -0.2) is 23.6 Å². The second-order valence-corrected chi connectivity index (χ2v) is 5.96. The zero-order chi connectivity index (χ0) is 14.9. The summed E-state index contributed by atoms with van der Waals surface area (Å²) in [7, 11) is -3.88. The second kappa shape index (κ2) is 5.12. The molecule has 0 atom stereocenters. The number of nitrogens with one attached hydrogen (secondary N) is 1. The molecule has 2 aromatic carbocycles. The third-order valence-corrected chi connectivity index (χ3v) is 4.02. The summed E-state index contributed by atoms with van der Waals surface area (Å²) in [6.07, 6.45) is 1.39. The van der Waals surface area contributed by atoms with Crippen molar-refractivity contribution in [1.82, 2.24) is 15.2 Å². The number of hydrogen-bond donors (Lipinski definition) is 2. The van der Waals surface area contributed by atoms with Gasteiger partial charge in [-0.3, -0.25) is 0 Å². The molecule has 21 heavy (non-hydrogen) atoms.